The first-order chi connectivity index (χ1) is 16.3. The van der Waals surface area contributed by atoms with Crippen molar-refractivity contribution in [3.05, 3.63) is 57.5 Å². The number of amides is 1. The summed E-state index contributed by atoms with van der Waals surface area (Å²) in [6.45, 7) is 8.70. The molecular weight excluding hydrogens is 476 g/mol. The monoisotopic (exact) mass is 507 g/mol. The van der Waals surface area contributed by atoms with Crippen LogP contribution in [-0.2, 0) is 6.54 Å². The lowest BCUT2D eigenvalue weighted by molar-refractivity contribution is 0.0583. The van der Waals surface area contributed by atoms with Crippen molar-refractivity contribution in [1.29, 1.82) is 0 Å². The molecule has 0 bridgehead atoms. The highest BCUT2D eigenvalue weighted by Gasteiger charge is 2.36. The fraction of sp³-hybridized carbons (Fsp3) is 0.520. The number of pyridine rings is 1. The topological polar surface area (TPSA) is 51.7 Å². The van der Waals surface area contributed by atoms with Crippen LogP contribution in [-0.4, -0.2) is 72.0 Å². The molecular formula is C25H32Cl2FN5O. The van der Waals surface area contributed by atoms with Crippen molar-refractivity contribution >= 4 is 34.9 Å². The maximum atomic E-state index is 14.2. The molecule has 184 valence electrons. The first-order valence-corrected chi connectivity index (χ1v) is 12.6. The van der Waals surface area contributed by atoms with Crippen LogP contribution in [0.5, 0.6) is 0 Å². The fourth-order valence-electron chi connectivity index (χ4n) is 5.17. The first-order valence-electron chi connectivity index (χ1n) is 11.8. The SMILES string of the molecule is CNC(=O)c1cnc(N2C[C@H](C)N(C3CCN(Cc4ccc(Cl)cc4F)CC3)C[C@H]2C)c(Cl)c1. The zero-order chi connectivity index (χ0) is 24.4. The molecule has 1 amide bonds. The van der Waals surface area contributed by atoms with Gasteiger partial charge in [-0.25, -0.2) is 9.37 Å². The van der Waals surface area contributed by atoms with Gasteiger partial charge in [0.1, 0.15) is 11.6 Å². The van der Waals surface area contributed by atoms with Crippen LogP contribution >= 0.6 is 23.2 Å². The van der Waals surface area contributed by atoms with Crippen LogP contribution in [0.4, 0.5) is 10.2 Å². The summed E-state index contributed by atoms with van der Waals surface area (Å²) in [6, 6.07) is 7.71. The quantitative estimate of drug-likeness (QED) is 0.647. The number of rotatable bonds is 5. The third-order valence-corrected chi connectivity index (χ3v) is 7.57. The van der Waals surface area contributed by atoms with Gasteiger partial charge in [-0.15, -0.1) is 0 Å². The summed E-state index contributed by atoms with van der Waals surface area (Å²) in [4.78, 5) is 23.6. The van der Waals surface area contributed by atoms with E-state index in [-0.39, 0.29) is 17.8 Å². The second-order valence-electron chi connectivity index (χ2n) is 9.40. The smallest absolute Gasteiger partial charge is 0.252 e. The molecule has 1 N–H and O–H groups in total. The number of nitrogens with one attached hydrogen (secondary N) is 1. The van der Waals surface area contributed by atoms with Crippen LogP contribution in [0.3, 0.4) is 0 Å². The molecule has 34 heavy (non-hydrogen) atoms. The number of carbonyl (C=O) groups excluding carboxylic acids is 1. The number of carbonyl (C=O) groups is 1. The molecule has 2 saturated heterocycles. The summed E-state index contributed by atoms with van der Waals surface area (Å²) in [5.41, 5.74) is 1.16. The molecule has 3 heterocycles. The first kappa shape index (κ1) is 25.2. The molecule has 0 spiro atoms. The molecule has 9 heteroatoms. The Hall–Kier alpha value is -1.93. The van der Waals surface area contributed by atoms with Crippen LogP contribution in [0.25, 0.3) is 0 Å². The van der Waals surface area contributed by atoms with E-state index >= 15 is 0 Å². The summed E-state index contributed by atoms with van der Waals surface area (Å²) in [6.07, 6.45) is 3.71. The van der Waals surface area contributed by atoms with Gasteiger partial charge in [0.25, 0.3) is 5.91 Å². The Morgan fingerprint density at radius 3 is 2.53 bits per heavy atom. The van der Waals surface area contributed by atoms with Crippen molar-refractivity contribution in [2.45, 2.75) is 51.4 Å². The molecule has 6 nitrogen and oxygen atoms in total. The van der Waals surface area contributed by atoms with E-state index in [1.165, 1.54) is 6.07 Å². The minimum atomic E-state index is -0.233. The van der Waals surface area contributed by atoms with Crippen LogP contribution in [0.15, 0.2) is 30.5 Å². The van der Waals surface area contributed by atoms with Gasteiger partial charge in [0.2, 0.25) is 0 Å². The number of likely N-dealkylation sites (tertiary alicyclic amines) is 1. The Morgan fingerprint density at radius 2 is 1.88 bits per heavy atom. The van der Waals surface area contributed by atoms with Gasteiger partial charge in [0.15, 0.2) is 0 Å². The predicted molar refractivity (Wildman–Crippen MR) is 135 cm³/mol. The number of piperazine rings is 1. The van der Waals surface area contributed by atoms with Crippen LogP contribution < -0.4 is 10.2 Å². The average Bonchev–Trinajstić information content (AvgIpc) is 2.82. The largest absolute Gasteiger partial charge is 0.355 e. The molecule has 0 radical (unpaired) electrons. The lowest BCUT2D eigenvalue weighted by atomic mass is 9.97. The maximum Gasteiger partial charge on any atom is 0.252 e. The molecule has 4 rings (SSSR count). The number of piperidine rings is 1. The van der Waals surface area contributed by atoms with Gasteiger partial charge >= 0.3 is 0 Å². The number of halogens is 3. The second-order valence-corrected chi connectivity index (χ2v) is 10.2. The lowest BCUT2D eigenvalue weighted by Gasteiger charge is -2.49. The van der Waals surface area contributed by atoms with E-state index in [1.807, 2.05) is 0 Å². The van der Waals surface area contributed by atoms with Gasteiger partial charge in [0.05, 0.1) is 10.6 Å². The van der Waals surface area contributed by atoms with E-state index in [2.05, 4.69) is 38.8 Å². The highest BCUT2D eigenvalue weighted by atomic mass is 35.5. The second kappa shape index (κ2) is 10.8. The molecule has 2 fully saturated rings. The molecule has 0 aliphatic carbocycles. The highest BCUT2D eigenvalue weighted by molar-refractivity contribution is 6.33. The summed E-state index contributed by atoms with van der Waals surface area (Å²) in [7, 11) is 1.59. The molecule has 1 aromatic carbocycles. The number of hydrogen-bond donors (Lipinski definition) is 1. The van der Waals surface area contributed by atoms with Crippen molar-refractivity contribution in [3.63, 3.8) is 0 Å². The number of nitrogens with zero attached hydrogens (tertiary/aromatic N) is 4. The van der Waals surface area contributed by atoms with Gasteiger partial charge in [-0.1, -0.05) is 29.3 Å². The fourth-order valence-corrected chi connectivity index (χ4v) is 5.60. The molecule has 2 aliphatic heterocycles. The Kier molecular flexibility index (Phi) is 7.97. The Labute approximate surface area is 211 Å². The van der Waals surface area contributed by atoms with Gasteiger partial charge in [0, 0.05) is 61.6 Å². The predicted octanol–water partition coefficient (Wildman–Crippen LogP) is 4.45. The van der Waals surface area contributed by atoms with Gasteiger partial charge < -0.3 is 10.2 Å². The lowest BCUT2D eigenvalue weighted by Crippen LogP contribution is -2.61. The summed E-state index contributed by atoms with van der Waals surface area (Å²) in [5, 5.41) is 3.53. The van der Waals surface area contributed by atoms with E-state index in [9.17, 15) is 9.18 Å². The van der Waals surface area contributed by atoms with E-state index in [4.69, 9.17) is 23.2 Å². The van der Waals surface area contributed by atoms with Crippen molar-refractivity contribution in [2.75, 3.05) is 38.1 Å². The Balaban J connectivity index is 1.35. The zero-order valence-electron chi connectivity index (χ0n) is 19.9. The highest BCUT2D eigenvalue weighted by Crippen LogP contribution is 2.31. The third-order valence-electron chi connectivity index (χ3n) is 7.05. The van der Waals surface area contributed by atoms with Crippen molar-refractivity contribution in [1.82, 2.24) is 20.1 Å². The summed E-state index contributed by atoms with van der Waals surface area (Å²) >= 11 is 12.4. The standard InChI is InChI=1S/C25H32Cl2FN5O/c1-16-14-33(24-22(27)10-19(12-30-24)25(34)29-3)17(2)13-32(16)21-6-8-31(9-7-21)15-18-4-5-20(26)11-23(18)28/h4-5,10-12,16-17,21H,6-9,13-15H2,1-3H3,(H,29,34)/t16-,17+/m0/s1. The van der Waals surface area contributed by atoms with Crippen LogP contribution in [0.2, 0.25) is 10.0 Å². The Morgan fingerprint density at radius 1 is 1.15 bits per heavy atom. The zero-order valence-corrected chi connectivity index (χ0v) is 21.4. The summed E-state index contributed by atoms with van der Waals surface area (Å²) < 4.78 is 14.2. The number of benzene rings is 1. The maximum absolute atomic E-state index is 14.2. The normalized spacial score (nSPS) is 22.7. The molecule has 2 aromatic rings. The van der Waals surface area contributed by atoms with E-state index in [1.54, 1.807) is 31.4 Å². The summed E-state index contributed by atoms with van der Waals surface area (Å²) in [5.74, 6) is 0.300. The molecule has 2 aliphatic rings. The van der Waals surface area contributed by atoms with Gasteiger partial charge in [-0.05, 0) is 58.0 Å². The van der Waals surface area contributed by atoms with Gasteiger partial charge in [-0.3, -0.25) is 14.6 Å². The number of aromatic nitrogens is 1. The molecule has 1 aromatic heterocycles. The van der Waals surface area contributed by atoms with Crippen molar-refractivity contribution in [2.24, 2.45) is 0 Å². The van der Waals surface area contributed by atoms with E-state index < -0.39 is 0 Å². The minimum absolute atomic E-state index is 0.197. The third kappa shape index (κ3) is 5.48. The number of anilines is 1. The van der Waals surface area contributed by atoms with Gasteiger partial charge in [-0.2, -0.15) is 0 Å². The van der Waals surface area contributed by atoms with E-state index in [0.29, 0.717) is 39.8 Å². The van der Waals surface area contributed by atoms with Crippen molar-refractivity contribution < 1.29 is 9.18 Å². The van der Waals surface area contributed by atoms with E-state index in [0.717, 1.165) is 44.8 Å². The molecule has 0 unspecified atom stereocenters. The van der Waals surface area contributed by atoms with Crippen molar-refractivity contribution in [3.8, 4) is 0 Å². The Bertz CT molecular complexity index is 1030. The molecule has 0 saturated carbocycles. The average molecular weight is 508 g/mol. The van der Waals surface area contributed by atoms with Crippen LogP contribution in [0, 0.1) is 5.82 Å². The molecule has 2 atom stereocenters. The minimum Gasteiger partial charge on any atom is -0.355 e. The number of hydrogen-bond acceptors (Lipinski definition) is 5. The van der Waals surface area contributed by atoms with Crippen LogP contribution in [0.1, 0.15) is 42.6 Å².